The van der Waals surface area contributed by atoms with Gasteiger partial charge in [0, 0.05) is 6.04 Å². The number of rotatable bonds is 5. The summed E-state index contributed by atoms with van der Waals surface area (Å²) in [5.74, 6) is 0.164. The second-order valence-corrected chi connectivity index (χ2v) is 6.92. The zero-order chi connectivity index (χ0) is 14.8. The second-order valence-electron chi connectivity index (χ2n) is 6.92. The average molecular weight is 274 g/mol. The maximum atomic E-state index is 12.7. The van der Waals surface area contributed by atoms with Gasteiger partial charge in [0.05, 0.1) is 5.41 Å². The summed E-state index contributed by atoms with van der Waals surface area (Å²) >= 11 is 0. The first-order chi connectivity index (χ1) is 9.40. The molecule has 0 radical (unpaired) electrons. The van der Waals surface area contributed by atoms with E-state index in [2.05, 4.69) is 38.2 Å². The predicted octanol–water partition coefficient (Wildman–Crippen LogP) is 2.60. The van der Waals surface area contributed by atoms with Gasteiger partial charge in [0.25, 0.3) is 0 Å². The van der Waals surface area contributed by atoms with Crippen molar-refractivity contribution in [3.8, 4) is 0 Å². The molecule has 1 aliphatic rings. The largest absolute Gasteiger partial charge is 0.352 e. The zero-order valence-electron chi connectivity index (χ0n) is 12.8. The fraction of sp³-hybridized carbons (Fsp3) is 0.588. The van der Waals surface area contributed by atoms with Gasteiger partial charge in [-0.1, -0.05) is 51.1 Å². The van der Waals surface area contributed by atoms with Gasteiger partial charge in [-0.05, 0) is 36.8 Å². The van der Waals surface area contributed by atoms with Crippen LogP contribution in [0.1, 0.15) is 45.6 Å². The summed E-state index contributed by atoms with van der Waals surface area (Å²) in [7, 11) is 0. The van der Waals surface area contributed by atoms with Gasteiger partial charge in [0.15, 0.2) is 0 Å². The molecule has 1 saturated carbocycles. The van der Waals surface area contributed by atoms with E-state index in [0.29, 0.717) is 6.54 Å². The number of carbonyl (C=O) groups excluding carboxylic acids is 1. The topological polar surface area (TPSA) is 55.1 Å². The van der Waals surface area contributed by atoms with E-state index in [1.54, 1.807) is 0 Å². The highest BCUT2D eigenvalue weighted by Gasteiger charge is 2.51. The number of carbonyl (C=O) groups is 1. The van der Waals surface area contributed by atoms with Crippen LogP contribution < -0.4 is 11.1 Å². The highest BCUT2D eigenvalue weighted by Crippen LogP contribution is 2.48. The number of benzene rings is 1. The van der Waals surface area contributed by atoms with E-state index in [0.717, 1.165) is 24.8 Å². The first-order valence-electron chi connectivity index (χ1n) is 7.47. The minimum absolute atomic E-state index is 0.0296. The highest BCUT2D eigenvalue weighted by atomic mass is 16.2. The minimum atomic E-state index is -0.292. The Morgan fingerprint density at radius 2 is 1.90 bits per heavy atom. The van der Waals surface area contributed by atoms with Gasteiger partial charge >= 0.3 is 0 Å². The van der Waals surface area contributed by atoms with Crippen LogP contribution in [-0.2, 0) is 10.2 Å². The molecule has 2 rings (SSSR count). The van der Waals surface area contributed by atoms with Gasteiger partial charge in [0.1, 0.15) is 0 Å². The third-order valence-corrected chi connectivity index (χ3v) is 4.32. The van der Waals surface area contributed by atoms with Crippen molar-refractivity contribution < 1.29 is 4.79 Å². The lowest BCUT2D eigenvalue weighted by molar-refractivity contribution is -0.125. The van der Waals surface area contributed by atoms with Crippen LogP contribution in [0.15, 0.2) is 30.3 Å². The summed E-state index contributed by atoms with van der Waals surface area (Å²) in [6, 6.07) is 10.2. The molecule has 1 unspecified atom stereocenters. The third-order valence-electron chi connectivity index (χ3n) is 4.32. The normalized spacial score (nSPS) is 18.4. The fourth-order valence-electron chi connectivity index (χ4n) is 2.71. The summed E-state index contributed by atoms with van der Waals surface area (Å²) in [6.45, 7) is 7.04. The molecule has 3 N–H and O–H groups in total. The van der Waals surface area contributed by atoms with Gasteiger partial charge in [0.2, 0.25) is 5.91 Å². The van der Waals surface area contributed by atoms with E-state index < -0.39 is 0 Å². The molecule has 0 bridgehead atoms. The van der Waals surface area contributed by atoms with Crippen molar-refractivity contribution in [2.75, 3.05) is 6.54 Å². The van der Waals surface area contributed by atoms with Gasteiger partial charge in [-0.25, -0.2) is 0 Å². The smallest absolute Gasteiger partial charge is 0.230 e. The molecule has 1 fully saturated rings. The molecule has 1 aliphatic carbocycles. The Morgan fingerprint density at radius 3 is 2.35 bits per heavy atom. The molecule has 0 aromatic heterocycles. The Morgan fingerprint density at radius 1 is 1.30 bits per heavy atom. The maximum Gasteiger partial charge on any atom is 0.230 e. The molecule has 3 heteroatoms. The lowest BCUT2D eigenvalue weighted by Crippen LogP contribution is -2.48. The lowest BCUT2D eigenvalue weighted by Gasteiger charge is -2.33. The summed E-state index contributed by atoms with van der Waals surface area (Å²) in [4.78, 5) is 12.7. The molecule has 0 aliphatic heterocycles. The van der Waals surface area contributed by atoms with E-state index in [9.17, 15) is 4.79 Å². The molecular weight excluding hydrogens is 248 g/mol. The number of nitrogens with one attached hydrogen (secondary N) is 1. The Labute approximate surface area is 121 Å². The van der Waals surface area contributed by atoms with Crippen LogP contribution in [0.5, 0.6) is 0 Å². The SMILES string of the molecule is CC(C)(C)C(CCN)NC(=O)C1(c2ccccc2)CC1. The van der Waals surface area contributed by atoms with Crippen LogP contribution in [0.4, 0.5) is 0 Å². The number of hydrogen-bond acceptors (Lipinski definition) is 2. The zero-order valence-corrected chi connectivity index (χ0v) is 12.8. The van der Waals surface area contributed by atoms with Crippen LogP contribution >= 0.6 is 0 Å². The molecule has 1 aromatic carbocycles. The van der Waals surface area contributed by atoms with E-state index in [1.165, 1.54) is 0 Å². The van der Waals surface area contributed by atoms with Crippen molar-refractivity contribution >= 4 is 5.91 Å². The monoisotopic (exact) mass is 274 g/mol. The first kappa shape index (κ1) is 15.0. The van der Waals surface area contributed by atoms with E-state index in [-0.39, 0.29) is 22.8 Å². The van der Waals surface area contributed by atoms with E-state index in [4.69, 9.17) is 5.73 Å². The first-order valence-corrected chi connectivity index (χ1v) is 7.47. The lowest BCUT2D eigenvalue weighted by atomic mass is 9.83. The number of hydrogen-bond donors (Lipinski definition) is 2. The molecule has 1 atom stereocenters. The maximum absolute atomic E-state index is 12.7. The molecule has 110 valence electrons. The Kier molecular flexibility index (Phi) is 4.19. The summed E-state index contributed by atoms with van der Waals surface area (Å²) in [6.07, 6.45) is 2.71. The van der Waals surface area contributed by atoms with Crippen LogP contribution in [0, 0.1) is 5.41 Å². The van der Waals surface area contributed by atoms with Crippen LogP contribution in [0.3, 0.4) is 0 Å². The molecule has 20 heavy (non-hydrogen) atoms. The molecular formula is C17H26N2O. The molecule has 1 aromatic rings. The van der Waals surface area contributed by atoms with Crippen LogP contribution in [0.25, 0.3) is 0 Å². The average Bonchev–Trinajstić information content (AvgIpc) is 3.19. The quantitative estimate of drug-likeness (QED) is 0.867. The van der Waals surface area contributed by atoms with Crippen LogP contribution in [0.2, 0.25) is 0 Å². The Bertz CT molecular complexity index is 458. The summed E-state index contributed by atoms with van der Waals surface area (Å²) < 4.78 is 0. The van der Waals surface area contributed by atoms with E-state index >= 15 is 0 Å². The molecule has 0 heterocycles. The number of nitrogens with two attached hydrogens (primary N) is 1. The minimum Gasteiger partial charge on any atom is -0.352 e. The Balaban J connectivity index is 2.12. The van der Waals surface area contributed by atoms with Crippen molar-refractivity contribution in [1.82, 2.24) is 5.32 Å². The van der Waals surface area contributed by atoms with Gasteiger partial charge in [-0.3, -0.25) is 4.79 Å². The van der Waals surface area contributed by atoms with E-state index in [1.807, 2.05) is 18.2 Å². The van der Waals surface area contributed by atoms with Gasteiger partial charge < -0.3 is 11.1 Å². The highest BCUT2D eigenvalue weighted by molar-refractivity contribution is 5.91. The molecule has 3 nitrogen and oxygen atoms in total. The van der Waals surface area contributed by atoms with Crippen molar-refractivity contribution in [2.45, 2.75) is 51.5 Å². The van der Waals surface area contributed by atoms with Gasteiger partial charge in [-0.2, -0.15) is 0 Å². The molecule has 1 amide bonds. The Hall–Kier alpha value is -1.35. The summed E-state index contributed by atoms with van der Waals surface area (Å²) in [5.41, 5.74) is 6.56. The molecule has 0 saturated heterocycles. The second kappa shape index (κ2) is 5.57. The van der Waals surface area contributed by atoms with Crippen molar-refractivity contribution in [3.05, 3.63) is 35.9 Å². The van der Waals surface area contributed by atoms with Crippen LogP contribution in [-0.4, -0.2) is 18.5 Å². The molecule has 0 spiro atoms. The predicted molar refractivity (Wildman–Crippen MR) is 82.4 cm³/mol. The van der Waals surface area contributed by atoms with Crippen molar-refractivity contribution in [3.63, 3.8) is 0 Å². The van der Waals surface area contributed by atoms with Crippen molar-refractivity contribution in [1.29, 1.82) is 0 Å². The number of amides is 1. The van der Waals surface area contributed by atoms with Gasteiger partial charge in [-0.15, -0.1) is 0 Å². The van der Waals surface area contributed by atoms with Crippen molar-refractivity contribution in [2.24, 2.45) is 11.1 Å². The fourth-order valence-corrected chi connectivity index (χ4v) is 2.71. The standard InChI is InChI=1S/C17H26N2O/c1-16(2,3)14(9-12-18)19-15(20)17(10-11-17)13-7-5-4-6-8-13/h4-8,14H,9-12,18H2,1-3H3,(H,19,20). The summed E-state index contributed by atoms with van der Waals surface area (Å²) in [5, 5.41) is 3.24. The third kappa shape index (κ3) is 3.04.